The number of hydrogen-bond donors (Lipinski definition) is 1. The minimum Gasteiger partial charge on any atom is -0.468 e. The quantitative estimate of drug-likeness (QED) is 0.508. The van der Waals surface area contributed by atoms with E-state index in [1.54, 1.807) is 6.26 Å². The smallest absolute Gasteiger partial charge is 0.120 e. The van der Waals surface area contributed by atoms with E-state index in [1.807, 2.05) is 13.1 Å². The zero-order valence-corrected chi connectivity index (χ0v) is 12.8. The Bertz CT molecular complexity index is 281. The maximum atomic E-state index is 5.46. The molecule has 0 amide bonds. The normalized spacial score (nSPS) is 12.7. The second-order valence-corrected chi connectivity index (χ2v) is 5.47. The van der Waals surface area contributed by atoms with Gasteiger partial charge in [-0.2, -0.15) is 0 Å². The molecule has 0 saturated heterocycles. The van der Waals surface area contributed by atoms with Crippen molar-refractivity contribution >= 4 is 0 Å². The Morgan fingerprint density at radius 2 is 1.63 bits per heavy atom. The summed E-state index contributed by atoms with van der Waals surface area (Å²) in [6, 6.07) is 4.42. The summed E-state index contributed by atoms with van der Waals surface area (Å²) < 4.78 is 5.46. The Labute approximate surface area is 119 Å². The van der Waals surface area contributed by atoms with E-state index in [9.17, 15) is 0 Å². The van der Waals surface area contributed by atoms with E-state index in [2.05, 4.69) is 18.3 Å². The van der Waals surface area contributed by atoms with Crippen LogP contribution in [-0.2, 0) is 0 Å². The van der Waals surface area contributed by atoms with Crippen molar-refractivity contribution in [3.63, 3.8) is 0 Å². The summed E-state index contributed by atoms with van der Waals surface area (Å²) in [5.74, 6) is 1.07. The Hall–Kier alpha value is -0.760. The number of unbranched alkanes of at least 4 members (excludes halogenated alkanes) is 8. The SMILES string of the molecule is CCCCCCCCCCCC(NC)c1ccco1. The molecule has 0 aliphatic carbocycles. The van der Waals surface area contributed by atoms with Gasteiger partial charge >= 0.3 is 0 Å². The van der Waals surface area contributed by atoms with Crippen LogP contribution in [0.1, 0.15) is 82.9 Å². The molecule has 1 heterocycles. The molecule has 1 atom stereocenters. The van der Waals surface area contributed by atoms with Gasteiger partial charge in [-0.3, -0.25) is 0 Å². The lowest BCUT2D eigenvalue weighted by molar-refractivity contribution is 0.401. The standard InChI is InChI=1S/C17H31NO/c1-3-4-5-6-7-8-9-10-11-13-16(18-2)17-14-12-15-19-17/h12,14-16,18H,3-11,13H2,1-2H3. The van der Waals surface area contributed by atoms with E-state index in [0.29, 0.717) is 6.04 Å². The van der Waals surface area contributed by atoms with Gasteiger partial charge in [-0.15, -0.1) is 0 Å². The predicted molar refractivity (Wildman–Crippen MR) is 82.4 cm³/mol. The molecule has 19 heavy (non-hydrogen) atoms. The maximum absolute atomic E-state index is 5.46. The molecular weight excluding hydrogens is 234 g/mol. The minimum absolute atomic E-state index is 0.388. The first-order valence-corrected chi connectivity index (χ1v) is 8.09. The van der Waals surface area contributed by atoms with Crippen molar-refractivity contribution in [2.45, 2.75) is 77.2 Å². The molecule has 1 N–H and O–H groups in total. The predicted octanol–water partition coefficient (Wildman–Crippen LogP) is 5.46. The fraction of sp³-hybridized carbons (Fsp3) is 0.765. The van der Waals surface area contributed by atoms with Crippen molar-refractivity contribution in [2.24, 2.45) is 0 Å². The van der Waals surface area contributed by atoms with Gasteiger partial charge in [-0.05, 0) is 25.6 Å². The van der Waals surface area contributed by atoms with E-state index in [1.165, 1.54) is 64.2 Å². The molecule has 0 radical (unpaired) electrons. The van der Waals surface area contributed by atoms with Gasteiger partial charge < -0.3 is 9.73 Å². The van der Waals surface area contributed by atoms with E-state index in [0.717, 1.165) is 5.76 Å². The molecule has 0 spiro atoms. The van der Waals surface area contributed by atoms with Crippen LogP contribution >= 0.6 is 0 Å². The van der Waals surface area contributed by atoms with E-state index in [4.69, 9.17) is 4.42 Å². The largest absolute Gasteiger partial charge is 0.468 e. The van der Waals surface area contributed by atoms with Crippen molar-refractivity contribution in [3.05, 3.63) is 24.2 Å². The molecular formula is C17H31NO. The van der Waals surface area contributed by atoms with E-state index >= 15 is 0 Å². The van der Waals surface area contributed by atoms with Gasteiger partial charge in [0, 0.05) is 0 Å². The van der Waals surface area contributed by atoms with E-state index in [-0.39, 0.29) is 0 Å². The lowest BCUT2D eigenvalue weighted by atomic mass is 10.0. The molecule has 0 aromatic carbocycles. The number of rotatable bonds is 12. The van der Waals surface area contributed by atoms with Crippen molar-refractivity contribution in [1.29, 1.82) is 0 Å². The van der Waals surface area contributed by atoms with Crippen LogP contribution in [0.15, 0.2) is 22.8 Å². The fourth-order valence-corrected chi connectivity index (χ4v) is 2.58. The highest BCUT2D eigenvalue weighted by atomic mass is 16.3. The van der Waals surface area contributed by atoms with Gasteiger partial charge in [-0.1, -0.05) is 64.7 Å². The lowest BCUT2D eigenvalue weighted by Crippen LogP contribution is -2.15. The average Bonchev–Trinajstić information content (AvgIpc) is 2.95. The van der Waals surface area contributed by atoms with Crippen LogP contribution in [-0.4, -0.2) is 7.05 Å². The highest BCUT2D eigenvalue weighted by Gasteiger charge is 2.10. The Kier molecular flexibility index (Phi) is 9.52. The molecule has 1 rings (SSSR count). The molecule has 0 aliphatic heterocycles. The first kappa shape index (κ1) is 16.3. The van der Waals surface area contributed by atoms with Gasteiger partial charge in [0.2, 0.25) is 0 Å². The summed E-state index contributed by atoms with van der Waals surface area (Å²) in [5, 5.41) is 3.34. The molecule has 0 aliphatic rings. The van der Waals surface area contributed by atoms with E-state index < -0.39 is 0 Å². The summed E-state index contributed by atoms with van der Waals surface area (Å²) in [5.41, 5.74) is 0. The first-order chi connectivity index (χ1) is 9.38. The van der Waals surface area contributed by atoms with Crippen molar-refractivity contribution < 1.29 is 4.42 Å². The summed E-state index contributed by atoms with van der Waals surface area (Å²) in [7, 11) is 2.01. The summed E-state index contributed by atoms with van der Waals surface area (Å²) in [4.78, 5) is 0. The zero-order valence-electron chi connectivity index (χ0n) is 12.8. The summed E-state index contributed by atoms with van der Waals surface area (Å²) in [6.07, 6.45) is 15.4. The van der Waals surface area contributed by atoms with Gasteiger partial charge in [0.25, 0.3) is 0 Å². The third kappa shape index (κ3) is 7.41. The highest BCUT2D eigenvalue weighted by Crippen LogP contribution is 2.20. The van der Waals surface area contributed by atoms with Crippen LogP contribution in [0.2, 0.25) is 0 Å². The highest BCUT2D eigenvalue weighted by molar-refractivity contribution is 5.03. The number of nitrogens with one attached hydrogen (secondary N) is 1. The fourth-order valence-electron chi connectivity index (χ4n) is 2.58. The average molecular weight is 265 g/mol. The molecule has 1 aromatic rings. The second-order valence-electron chi connectivity index (χ2n) is 5.47. The van der Waals surface area contributed by atoms with Gasteiger partial charge in [0.15, 0.2) is 0 Å². The Morgan fingerprint density at radius 3 is 2.16 bits per heavy atom. The monoisotopic (exact) mass is 265 g/mol. The van der Waals surface area contributed by atoms with Crippen LogP contribution in [0.5, 0.6) is 0 Å². The summed E-state index contributed by atoms with van der Waals surface area (Å²) in [6.45, 7) is 2.28. The maximum Gasteiger partial charge on any atom is 0.120 e. The Morgan fingerprint density at radius 1 is 1.00 bits per heavy atom. The Balaban J connectivity index is 1.95. The van der Waals surface area contributed by atoms with Crippen LogP contribution in [0, 0.1) is 0 Å². The molecule has 0 fully saturated rings. The van der Waals surface area contributed by atoms with Crippen LogP contribution in [0.25, 0.3) is 0 Å². The third-order valence-electron chi connectivity index (χ3n) is 3.83. The number of furan rings is 1. The molecule has 1 aromatic heterocycles. The molecule has 1 unspecified atom stereocenters. The second kappa shape index (κ2) is 11.1. The van der Waals surface area contributed by atoms with Crippen LogP contribution in [0.4, 0.5) is 0 Å². The van der Waals surface area contributed by atoms with Crippen LogP contribution in [0.3, 0.4) is 0 Å². The van der Waals surface area contributed by atoms with Gasteiger partial charge in [-0.25, -0.2) is 0 Å². The van der Waals surface area contributed by atoms with Crippen molar-refractivity contribution in [1.82, 2.24) is 5.32 Å². The molecule has 0 bridgehead atoms. The number of hydrogen-bond acceptors (Lipinski definition) is 2. The third-order valence-corrected chi connectivity index (χ3v) is 3.83. The minimum atomic E-state index is 0.388. The van der Waals surface area contributed by atoms with Crippen molar-refractivity contribution in [3.8, 4) is 0 Å². The lowest BCUT2D eigenvalue weighted by Gasteiger charge is -2.13. The zero-order chi connectivity index (χ0) is 13.8. The summed E-state index contributed by atoms with van der Waals surface area (Å²) >= 11 is 0. The molecule has 0 saturated carbocycles. The van der Waals surface area contributed by atoms with Crippen LogP contribution < -0.4 is 5.32 Å². The van der Waals surface area contributed by atoms with Crippen molar-refractivity contribution in [2.75, 3.05) is 7.05 Å². The van der Waals surface area contributed by atoms with Gasteiger partial charge in [0.1, 0.15) is 5.76 Å². The topological polar surface area (TPSA) is 25.2 Å². The first-order valence-electron chi connectivity index (χ1n) is 8.09. The molecule has 2 heteroatoms. The molecule has 2 nitrogen and oxygen atoms in total. The molecule has 110 valence electrons. The van der Waals surface area contributed by atoms with Gasteiger partial charge in [0.05, 0.1) is 12.3 Å².